The van der Waals surface area contributed by atoms with Gasteiger partial charge in [-0.25, -0.2) is 4.98 Å². The van der Waals surface area contributed by atoms with Gasteiger partial charge in [0.2, 0.25) is 5.91 Å². The van der Waals surface area contributed by atoms with Crippen molar-refractivity contribution in [3.8, 4) is 0 Å². The molecule has 2 aromatic rings. The molecule has 1 aromatic carbocycles. The monoisotopic (exact) mass is 303 g/mol. The van der Waals surface area contributed by atoms with Crippen molar-refractivity contribution in [1.82, 2.24) is 15.3 Å². The lowest BCUT2D eigenvalue weighted by Crippen LogP contribution is -2.26. The Kier molecular flexibility index (Phi) is 6.88. The molecule has 2 N–H and O–H groups in total. The summed E-state index contributed by atoms with van der Waals surface area (Å²) in [4.78, 5) is 18.9. The van der Waals surface area contributed by atoms with E-state index >= 15 is 0 Å². The third-order valence-corrected chi connectivity index (χ3v) is 4.04. The maximum absolute atomic E-state index is 11.7. The van der Waals surface area contributed by atoms with Crippen molar-refractivity contribution in [2.24, 2.45) is 0 Å². The Morgan fingerprint density at radius 1 is 1.24 bits per heavy atom. The molecule has 1 aromatic heterocycles. The van der Waals surface area contributed by atoms with Crippen molar-refractivity contribution in [1.29, 1.82) is 0 Å². The van der Waals surface area contributed by atoms with Gasteiger partial charge in [-0.15, -0.1) is 0 Å². The van der Waals surface area contributed by atoms with E-state index in [-0.39, 0.29) is 5.91 Å². The van der Waals surface area contributed by atoms with Gasteiger partial charge in [0.1, 0.15) is 5.82 Å². The molecule has 0 saturated carbocycles. The molecule has 112 valence electrons. The van der Waals surface area contributed by atoms with E-state index in [4.69, 9.17) is 0 Å². The molecule has 0 radical (unpaired) electrons. The predicted molar refractivity (Wildman–Crippen MR) is 87.4 cm³/mol. The van der Waals surface area contributed by atoms with Crippen LogP contribution in [0.15, 0.2) is 42.7 Å². The Morgan fingerprint density at radius 2 is 2.10 bits per heavy atom. The summed E-state index contributed by atoms with van der Waals surface area (Å²) in [7, 11) is 0. The van der Waals surface area contributed by atoms with Crippen LogP contribution < -0.4 is 5.32 Å². The van der Waals surface area contributed by atoms with Gasteiger partial charge in [0.05, 0.1) is 5.75 Å². The minimum atomic E-state index is 0.118. The number of thioether (sulfide) groups is 1. The highest BCUT2D eigenvalue weighted by Crippen LogP contribution is 2.06. The molecule has 1 amide bonds. The normalized spacial score (nSPS) is 10.5. The largest absolute Gasteiger partial charge is 0.355 e. The van der Waals surface area contributed by atoms with Crippen LogP contribution in [0.3, 0.4) is 0 Å². The van der Waals surface area contributed by atoms with Crippen LogP contribution in [0.1, 0.15) is 17.8 Å². The smallest absolute Gasteiger partial charge is 0.229 e. The van der Waals surface area contributed by atoms with Gasteiger partial charge in [-0.2, -0.15) is 11.8 Å². The summed E-state index contributed by atoms with van der Waals surface area (Å²) >= 11 is 1.68. The van der Waals surface area contributed by atoms with Gasteiger partial charge >= 0.3 is 0 Å². The van der Waals surface area contributed by atoms with Crippen molar-refractivity contribution in [2.75, 3.05) is 18.1 Å². The first-order chi connectivity index (χ1) is 10.3. The summed E-state index contributed by atoms with van der Waals surface area (Å²) in [6, 6.07) is 10.4. The molecule has 0 atom stereocenters. The molecule has 1 heterocycles. The Hall–Kier alpha value is -1.75. The first-order valence-corrected chi connectivity index (χ1v) is 8.36. The average molecular weight is 303 g/mol. The number of rotatable bonds is 9. The Bertz CT molecular complexity index is 514. The van der Waals surface area contributed by atoms with Crippen LogP contribution in [0, 0.1) is 0 Å². The summed E-state index contributed by atoms with van der Waals surface area (Å²) in [5.74, 6) is 2.60. The number of hydrogen-bond acceptors (Lipinski definition) is 3. The number of aromatic amines is 1. The van der Waals surface area contributed by atoms with Crippen molar-refractivity contribution >= 4 is 17.7 Å². The zero-order valence-electron chi connectivity index (χ0n) is 12.0. The van der Waals surface area contributed by atoms with Gasteiger partial charge in [-0.3, -0.25) is 4.79 Å². The molecule has 0 unspecified atom stereocenters. The molecule has 5 heteroatoms. The van der Waals surface area contributed by atoms with E-state index < -0.39 is 0 Å². The number of H-pyrrole nitrogens is 1. The quantitative estimate of drug-likeness (QED) is 0.700. The minimum Gasteiger partial charge on any atom is -0.355 e. The van der Waals surface area contributed by atoms with E-state index in [1.165, 1.54) is 5.56 Å². The van der Waals surface area contributed by atoms with Gasteiger partial charge in [0, 0.05) is 25.4 Å². The first kappa shape index (κ1) is 15.6. The molecule has 0 fully saturated rings. The second-order valence-corrected chi connectivity index (χ2v) is 5.88. The topological polar surface area (TPSA) is 57.8 Å². The number of aryl methyl sites for hydroxylation is 2. The van der Waals surface area contributed by atoms with Crippen molar-refractivity contribution in [2.45, 2.75) is 19.3 Å². The third-order valence-electron chi connectivity index (χ3n) is 3.08. The fourth-order valence-corrected chi connectivity index (χ4v) is 2.78. The minimum absolute atomic E-state index is 0.118. The molecule has 0 bridgehead atoms. The fraction of sp³-hybridized carbons (Fsp3) is 0.375. The van der Waals surface area contributed by atoms with Crippen LogP contribution in [0.25, 0.3) is 0 Å². The van der Waals surface area contributed by atoms with Gasteiger partial charge < -0.3 is 10.3 Å². The predicted octanol–water partition coefficient (Wildman–Crippen LogP) is 2.43. The van der Waals surface area contributed by atoms with E-state index in [9.17, 15) is 4.79 Å². The lowest BCUT2D eigenvalue weighted by molar-refractivity contribution is -0.118. The number of aromatic nitrogens is 2. The summed E-state index contributed by atoms with van der Waals surface area (Å²) in [5, 5.41) is 2.94. The molecule has 0 aliphatic carbocycles. The lowest BCUT2D eigenvalue weighted by atomic mass is 10.2. The fourth-order valence-electron chi connectivity index (χ4n) is 1.97. The maximum Gasteiger partial charge on any atom is 0.229 e. The average Bonchev–Trinajstić information content (AvgIpc) is 3.02. The number of benzene rings is 1. The molecular weight excluding hydrogens is 282 g/mol. The van der Waals surface area contributed by atoms with Crippen LogP contribution in [0.5, 0.6) is 0 Å². The van der Waals surface area contributed by atoms with Gasteiger partial charge in [-0.05, 0) is 24.2 Å². The van der Waals surface area contributed by atoms with Crippen molar-refractivity contribution in [3.05, 3.63) is 54.1 Å². The van der Waals surface area contributed by atoms with Crippen LogP contribution in [0.4, 0.5) is 0 Å². The standard InChI is InChI=1S/C16H21N3OS/c20-16(19-9-4-7-15-17-10-11-18-15)13-21-12-8-14-5-2-1-3-6-14/h1-3,5-6,10-11H,4,7-9,12-13H2,(H,17,18)(H,19,20). The van der Waals surface area contributed by atoms with Gasteiger partial charge in [0.15, 0.2) is 0 Å². The number of nitrogens with zero attached hydrogens (tertiary/aromatic N) is 1. The third kappa shape index (κ3) is 6.49. The van der Waals surface area contributed by atoms with Gasteiger partial charge in [-0.1, -0.05) is 30.3 Å². The van der Waals surface area contributed by atoms with Crippen molar-refractivity contribution in [3.63, 3.8) is 0 Å². The number of carbonyl (C=O) groups is 1. The van der Waals surface area contributed by atoms with E-state index in [0.717, 1.165) is 30.8 Å². The summed E-state index contributed by atoms with van der Waals surface area (Å²) < 4.78 is 0. The highest BCUT2D eigenvalue weighted by atomic mass is 32.2. The molecule has 4 nitrogen and oxygen atoms in total. The first-order valence-electron chi connectivity index (χ1n) is 7.21. The zero-order chi connectivity index (χ0) is 14.8. The van der Waals surface area contributed by atoms with E-state index in [1.807, 2.05) is 24.4 Å². The Morgan fingerprint density at radius 3 is 2.86 bits per heavy atom. The highest BCUT2D eigenvalue weighted by Gasteiger charge is 2.01. The van der Waals surface area contributed by atoms with Crippen molar-refractivity contribution < 1.29 is 4.79 Å². The zero-order valence-corrected chi connectivity index (χ0v) is 12.9. The van der Waals surface area contributed by atoms with E-state index in [1.54, 1.807) is 18.0 Å². The maximum atomic E-state index is 11.7. The molecular formula is C16H21N3OS. The lowest BCUT2D eigenvalue weighted by Gasteiger charge is -2.05. The second-order valence-electron chi connectivity index (χ2n) is 4.78. The van der Waals surface area contributed by atoms with E-state index in [2.05, 4.69) is 27.4 Å². The Balaban J connectivity index is 1.48. The van der Waals surface area contributed by atoms with E-state index in [0.29, 0.717) is 12.3 Å². The summed E-state index contributed by atoms with van der Waals surface area (Å²) in [6.07, 6.45) is 6.36. The molecule has 2 rings (SSSR count). The molecule has 21 heavy (non-hydrogen) atoms. The molecule has 0 spiro atoms. The number of hydrogen-bond donors (Lipinski definition) is 2. The van der Waals surface area contributed by atoms with Crippen LogP contribution >= 0.6 is 11.8 Å². The number of imidazole rings is 1. The second kappa shape index (κ2) is 9.23. The molecule has 0 saturated heterocycles. The van der Waals surface area contributed by atoms with Crippen LogP contribution in [-0.2, 0) is 17.6 Å². The number of nitrogens with one attached hydrogen (secondary N) is 2. The molecule has 0 aliphatic heterocycles. The van der Waals surface area contributed by atoms with Crippen LogP contribution in [0.2, 0.25) is 0 Å². The SMILES string of the molecule is O=C(CSCCc1ccccc1)NCCCc1ncc[nH]1. The molecule has 0 aliphatic rings. The Labute approximate surface area is 129 Å². The van der Waals surface area contributed by atoms with Gasteiger partial charge in [0.25, 0.3) is 0 Å². The summed E-state index contributed by atoms with van der Waals surface area (Å²) in [5.41, 5.74) is 1.32. The van der Waals surface area contributed by atoms with Crippen LogP contribution in [-0.4, -0.2) is 33.9 Å². The summed E-state index contributed by atoms with van der Waals surface area (Å²) in [6.45, 7) is 0.707. The highest BCUT2D eigenvalue weighted by molar-refractivity contribution is 7.99. The number of carbonyl (C=O) groups excluding carboxylic acids is 1. The number of amides is 1.